The van der Waals surface area contributed by atoms with Crippen LogP contribution < -0.4 is 0 Å². The van der Waals surface area contributed by atoms with E-state index in [2.05, 4.69) is 10.2 Å². The van der Waals surface area contributed by atoms with Crippen LogP contribution in [0.2, 0.25) is 0 Å². The minimum absolute atomic E-state index is 0.0625. The number of carbonyl (C=O) groups is 1. The maximum atomic E-state index is 14.8. The fourth-order valence-electron chi connectivity index (χ4n) is 5.99. The largest absolute Gasteiger partial charge is 0.426 e. The van der Waals surface area contributed by atoms with Gasteiger partial charge in [-0.2, -0.15) is 23.4 Å². The molecule has 1 amide bonds. The Kier molecular flexibility index (Phi) is 6.28. The minimum Gasteiger partial charge on any atom is -0.338 e. The molecule has 5 rings (SSSR count). The fraction of sp³-hybridized carbons (Fsp3) is 0.393. The first-order chi connectivity index (χ1) is 17.5. The number of likely N-dealkylation sites (tertiary alicyclic amines) is 1. The summed E-state index contributed by atoms with van der Waals surface area (Å²) in [6.07, 6.45) is 0.232. The molecular weight excluding hydrogens is 489 g/mol. The highest BCUT2D eigenvalue weighted by Crippen LogP contribution is 2.51. The number of benzene rings is 2. The van der Waals surface area contributed by atoms with E-state index in [1.165, 1.54) is 30.5 Å². The van der Waals surface area contributed by atoms with E-state index >= 15 is 0 Å². The summed E-state index contributed by atoms with van der Waals surface area (Å²) in [5.74, 6) is -0.428. The molecule has 2 aromatic carbocycles. The van der Waals surface area contributed by atoms with Gasteiger partial charge in [-0.05, 0) is 78.6 Å². The van der Waals surface area contributed by atoms with Gasteiger partial charge >= 0.3 is 6.18 Å². The van der Waals surface area contributed by atoms with Gasteiger partial charge in [0.15, 0.2) is 0 Å². The van der Waals surface area contributed by atoms with E-state index in [1.807, 2.05) is 4.90 Å². The number of aryl methyl sites for hydroxylation is 1. The quantitative estimate of drug-likeness (QED) is 0.414. The van der Waals surface area contributed by atoms with Crippen molar-refractivity contribution in [1.82, 2.24) is 15.1 Å². The van der Waals surface area contributed by atoms with E-state index in [4.69, 9.17) is 0 Å². The van der Waals surface area contributed by atoms with E-state index < -0.39 is 22.8 Å². The van der Waals surface area contributed by atoms with Crippen LogP contribution in [-0.4, -0.2) is 39.8 Å². The normalized spacial score (nSPS) is 22.8. The van der Waals surface area contributed by atoms with Crippen LogP contribution in [0, 0.1) is 5.82 Å². The van der Waals surface area contributed by atoms with Gasteiger partial charge in [-0.1, -0.05) is 30.3 Å². The van der Waals surface area contributed by atoms with Crippen LogP contribution in [0.1, 0.15) is 47.6 Å². The van der Waals surface area contributed by atoms with Crippen LogP contribution in [0.4, 0.5) is 22.0 Å². The average molecular weight is 516 g/mol. The maximum Gasteiger partial charge on any atom is 0.426 e. The predicted molar refractivity (Wildman–Crippen MR) is 127 cm³/mol. The van der Waals surface area contributed by atoms with Crippen molar-refractivity contribution >= 4 is 5.91 Å². The third kappa shape index (κ3) is 4.49. The van der Waals surface area contributed by atoms with Crippen molar-refractivity contribution in [2.24, 2.45) is 0 Å². The summed E-state index contributed by atoms with van der Waals surface area (Å²) in [5.41, 5.74) is -1.38. The molecule has 3 aromatic rings. The second-order valence-electron chi connectivity index (χ2n) is 10.2. The number of hydrogen-bond acceptors (Lipinski definition) is 3. The zero-order valence-corrected chi connectivity index (χ0v) is 20.2. The van der Waals surface area contributed by atoms with E-state index in [-0.39, 0.29) is 24.2 Å². The van der Waals surface area contributed by atoms with Gasteiger partial charge in [0, 0.05) is 24.2 Å². The van der Waals surface area contributed by atoms with Crippen LogP contribution in [0.15, 0.2) is 60.9 Å². The van der Waals surface area contributed by atoms with Crippen LogP contribution in [0.25, 0.3) is 0 Å². The molecule has 0 N–H and O–H groups in total. The summed E-state index contributed by atoms with van der Waals surface area (Å²) in [5, 5.41) is 7.58. The molecule has 1 unspecified atom stereocenters. The molecule has 0 saturated carbocycles. The van der Waals surface area contributed by atoms with E-state index in [9.17, 15) is 26.7 Å². The molecule has 0 bridgehead atoms. The van der Waals surface area contributed by atoms with E-state index in [0.717, 1.165) is 16.7 Å². The standard InChI is InChI=1S/C28H26F5N3O/c1-26(30,28(31,32)33)21-5-8-23-20(15-21)4-9-24-27(23,16-18-2-6-22(29)7-3-18)11-13-36(24)25(37)14-19-10-12-34-35-17-19/h2-3,5-8,10,12,15,17,24H,4,9,11,13-14,16H2,1H3/t24-,26?,27-/m1/s1. The average Bonchev–Trinajstić information content (AvgIpc) is 3.24. The number of hydrogen-bond donors (Lipinski definition) is 0. The van der Waals surface area contributed by atoms with Gasteiger partial charge in [0.25, 0.3) is 0 Å². The van der Waals surface area contributed by atoms with Gasteiger partial charge in [-0.15, -0.1) is 0 Å². The lowest BCUT2D eigenvalue weighted by molar-refractivity contribution is -0.228. The first-order valence-electron chi connectivity index (χ1n) is 12.2. The molecule has 37 heavy (non-hydrogen) atoms. The van der Waals surface area contributed by atoms with Crippen molar-refractivity contribution in [1.29, 1.82) is 0 Å². The number of halogens is 5. The van der Waals surface area contributed by atoms with Crippen molar-refractivity contribution in [3.63, 3.8) is 0 Å². The van der Waals surface area contributed by atoms with Gasteiger partial charge < -0.3 is 4.90 Å². The van der Waals surface area contributed by atoms with Crippen LogP contribution in [0.5, 0.6) is 0 Å². The van der Waals surface area contributed by atoms with Gasteiger partial charge in [-0.25, -0.2) is 8.78 Å². The lowest BCUT2D eigenvalue weighted by atomic mass is 9.63. The first-order valence-corrected chi connectivity index (χ1v) is 12.2. The molecule has 2 heterocycles. The third-order valence-electron chi connectivity index (χ3n) is 7.97. The van der Waals surface area contributed by atoms with E-state index in [0.29, 0.717) is 44.7 Å². The Labute approximate surface area is 211 Å². The highest BCUT2D eigenvalue weighted by Gasteiger charge is 2.55. The molecule has 0 radical (unpaired) electrons. The second kappa shape index (κ2) is 9.19. The van der Waals surface area contributed by atoms with Crippen molar-refractivity contribution < 1.29 is 26.7 Å². The van der Waals surface area contributed by atoms with Gasteiger partial charge in [0.2, 0.25) is 11.6 Å². The smallest absolute Gasteiger partial charge is 0.338 e. The number of nitrogens with zero attached hydrogens (tertiary/aromatic N) is 3. The summed E-state index contributed by atoms with van der Waals surface area (Å²) in [4.78, 5) is 15.2. The molecule has 1 saturated heterocycles. The summed E-state index contributed by atoms with van der Waals surface area (Å²) >= 11 is 0. The molecule has 9 heteroatoms. The second-order valence-corrected chi connectivity index (χ2v) is 10.2. The molecule has 194 valence electrons. The molecule has 0 spiro atoms. The Bertz CT molecular complexity index is 1290. The number of amides is 1. The highest BCUT2D eigenvalue weighted by atomic mass is 19.4. The van der Waals surface area contributed by atoms with Crippen LogP contribution in [0.3, 0.4) is 0 Å². The maximum absolute atomic E-state index is 14.8. The Morgan fingerprint density at radius 1 is 1.05 bits per heavy atom. The Morgan fingerprint density at radius 3 is 2.49 bits per heavy atom. The van der Waals surface area contributed by atoms with Gasteiger partial charge in [0.1, 0.15) is 5.82 Å². The predicted octanol–water partition coefficient (Wildman–Crippen LogP) is 5.63. The summed E-state index contributed by atoms with van der Waals surface area (Å²) < 4.78 is 68.7. The zero-order chi connectivity index (χ0) is 26.4. The van der Waals surface area contributed by atoms with E-state index in [1.54, 1.807) is 30.5 Å². The van der Waals surface area contributed by atoms with Gasteiger partial charge in [-0.3, -0.25) is 4.79 Å². The molecular formula is C28H26F5N3O. The summed E-state index contributed by atoms with van der Waals surface area (Å²) in [6, 6.07) is 11.8. The Balaban J connectivity index is 1.54. The molecule has 2 aliphatic rings. The third-order valence-corrected chi connectivity index (χ3v) is 7.97. The number of carbonyl (C=O) groups excluding carboxylic acids is 1. The molecule has 1 aliphatic carbocycles. The SMILES string of the molecule is CC(F)(c1ccc2c(c1)CC[C@H]1N(C(=O)Cc3ccnnc3)CC[C@@]21Cc1ccc(F)cc1)C(F)(F)F. The van der Waals surface area contributed by atoms with Crippen molar-refractivity contribution in [2.75, 3.05) is 6.54 Å². The molecule has 3 atom stereocenters. The zero-order valence-electron chi connectivity index (χ0n) is 20.2. The first kappa shape index (κ1) is 25.3. The number of fused-ring (bicyclic) bond motifs is 3. The van der Waals surface area contributed by atoms with Crippen molar-refractivity contribution in [3.05, 3.63) is 94.6 Å². The monoisotopic (exact) mass is 515 g/mol. The lowest BCUT2D eigenvalue weighted by Crippen LogP contribution is -2.49. The highest BCUT2D eigenvalue weighted by molar-refractivity contribution is 5.80. The van der Waals surface area contributed by atoms with Crippen molar-refractivity contribution in [2.45, 2.75) is 62.3 Å². The van der Waals surface area contributed by atoms with Crippen LogP contribution in [-0.2, 0) is 35.1 Å². The Morgan fingerprint density at radius 2 is 1.81 bits per heavy atom. The Hall–Kier alpha value is -3.36. The molecule has 1 aromatic heterocycles. The lowest BCUT2D eigenvalue weighted by Gasteiger charge is -2.44. The molecule has 1 fully saturated rings. The van der Waals surface area contributed by atoms with Gasteiger partial charge in [0.05, 0.1) is 12.6 Å². The molecule has 1 aliphatic heterocycles. The number of rotatable bonds is 5. The number of aromatic nitrogens is 2. The minimum atomic E-state index is -5.04. The molecule has 4 nitrogen and oxygen atoms in total. The topological polar surface area (TPSA) is 46.1 Å². The summed E-state index contributed by atoms with van der Waals surface area (Å²) in [6.45, 7) is 1.02. The van der Waals surface area contributed by atoms with Crippen molar-refractivity contribution in [3.8, 4) is 0 Å². The summed E-state index contributed by atoms with van der Waals surface area (Å²) in [7, 11) is 0. The number of alkyl halides is 4. The van der Waals surface area contributed by atoms with Crippen LogP contribution >= 0.6 is 0 Å². The fourth-order valence-corrected chi connectivity index (χ4v) is 5.99.